The lowest BCUT2D eigenvalue weighted by atomic mass is 9.77. The molecule has 1 aliphatic rings. The van der Waals surface area contributed by atoms with Crippen LogP contribution in [0.25, 0.3) is 6.08 Å². The molecule has 0 unspecified atom stereocenters. The summed E-state index contributed by atoms with van der Waals surface area (Å²) in [4.78, 5) is 15.7. The van der Waals surface area contributed by atoms with Crippen LogP contribution in [0.15, 0.2) is 23.7 Å². The maximum absolute atomic E-state index is 11.3. The van der Waals surface area contributed by atoms with Gasteiger partial charge < -0.3 is 19.7 Å². The summed E-state index contributed by atoms with van der Waals surface area (Å²) >= 11 is 0. The van der Waals surface area contributed by atoms with Crippen LogP contribution in [0.2, 0.25) is 0 Å². The summed E-state index contributed by atoms with van der Waals surface area (Å²) in [6.45, 7) is 9.56. The minimum atomic E-state index is -0.568. The van der Waals surface area contributed by atoms with Crippen LogP contribution in [-0.2, 0) is 20.7 Å². The molecule has 6 nitrogen and oxygen atoms in total. The Morgan fingerprint density at radius 1 is 1.29 bits per heavy atom. The van der Waals surface area contributed by atoms with Gasteiger partial charge >= 0.3 is 7.12 Å². The number of hydrogen-bond donors (Lipinski definition) is 2. The number of nitrogens with one attached hydrogen (secondary N) is 1. The van der Waals surface area contributed by atoms with Gasteiger partial charge in [0.05, 0.1) is 29.2 Å². The van der Waals surface area contributed by atoms with E-state index in [9.17, 15) is 9.90 Å². The third kappa shape index (κ3) is 4.23. The molecule has 1 aromatic heterocycles. The molecule has 0 spiro atoms. The zero-order chi connectivity index (χ0) is 18.0. The average molecular weight is 332 g/mol. The van der Waals surface area contributed by atoms with Gasteiger partial charge in [-0.3, -0.25) is 9.78 Å². The van der Waals surface area contributed by atoms with Crippen LogP contribution in [0.1, 0.15) is 46.0 Å². The molecule has 0 atom stereocenters. The van der Waals surface area contributed by atoms with Gasteiger partial charge in [0.15, 0.2) is 0 Å². The first-order valence-corrected chi connectivity index (χ1v) is 8.02. The summed E-state index contributed by atoms with van der Waals surface area (Å²) in [5.74, 6) is -0.130. The zero-order valence-corrected chi connectivity index (χ0v) is 14.9. The molecule has 7 heteroatoms. The van der Waals surface area contributed by atoms with E-state index in [-0.39, 0.29) is 12.5 Å². The topological polar surface area (TPSA) is 80.7 Å². The van der Waals surface area contributed by atoms with E-state index in [1.54, 1.807) is 6.07 Å². The molecule has 24 heavy (non-hydrogen) atoms. The molecule has 0 saturated carbocycles. The van der Waals surface area contributed by atoms with Crippen LogP contribution in [0.4, 0.5) is 0 Å². The molecule has 1 saturated heterocycles. The first kappa shape index (κ1) is 18.6. The quantitative estimate of drug-likeness (QED) is 0.803. The minimum Gasteiger partial charge on any atom is -0.400 e. The number of nitrogens with zero attached hydrogens (tertiary/aromatic N) is 1. The first-order chi connectivity index (χ1) is 11.1. The molecule has 0 aliphatic carbocycles. The molecule has 1 amide bonds. The van der Waals surface area contributed by atoms with E-state index >= 15 is 0 Å². The van der Waals surface area contributed by atoms with Crippen molar-refractivity contribution in [2.45, 2.75) is 52.4 Å². The number of amides is 1. The van der Waals surface area contributed by atoms with E-state index in [0.29, 0.717) is 17.9 Å². The molecular weight excluding hydrogens is 307 g/mol. The van der Waals surface area contributed by atoms with E-state index in [1.165, 1.54) is 6.92 Å². The second-order valence-corrected chi connectivity index (χ2v) is 6.93. The van der Waals surface area contributed by atoms with Crippen molar-refractivity contribution < 1.29 is 19.2 Å². The third-order valence-corrected chi connectivity index (χ3v) is 4.42. The van der Waals surface area contributed by atoms with Crippen molar-refractivity contribution in [2.75, 3.05) is 6.54 Å². The number of aliphatic hydroxyl groups excluding tert-OH is 1. The Kier molecular flexibility index (Phi) is 5.47. The Balaban J connectivity index is 2.31. The Hall–Kier alpha value is -1.70. The molecule has 2 heterocycles. The van der Waals surface area contributed by atoms with Gasteiger partial charge in [0.2, 0.25) is 5.91 Å². The van der Waals surface area contributed by atoms with E-state index in [2.05, 4.69) is 10.3 Å². The largest absolute Gasteiger partial charge is 0.492 e. The highest BCUT2D eigenvalue weighted by Gasteiger charge is 2.52. The predicted octanol–water partition coefficient (Wildman–Crippen LogP) is 1.72. The highest BCUT2D eigenvalue weighted by atomic mass is 16.7. The number of hydrogen-bond acceptors (Lipinski definition) is 5. The van der Waals surface area contributed by atoms with Crippen molar-refractivity contribution in [3.05, 3.63) is 35.1 Å². The van der Waals surface area contributed by atoms with Crippen molar-refractivity contribution in [1.82, 2.24) is 10.3 Å². The van der Waals surface area contributed by atoms with Crippen molar-refractivity contribution in [2.24, 2.45) is 0 Å². The van der Waals surface area contributed by atoms with Gasteiger partial charge in [-0.05, 0) is 51.4 Å². The molecule has 0 aromatic carbocycles. The van der Waals surface area contributed by atoms with Gasteiger partial charge in [0, 0.05) is 13.5 Å². The Labute approximate surface area is 143 Å². The van der Waals surface area contributed by atoms with Crippen molar-refractivity contribution >= 4 is 19.1 Å². The van der Waals surface area contributed by atoms with Crippen molar-refractivity contribution in [1.29, 1.82) is 0 Å². The average Bonchev–Trinajstić information content (AvgIpc) is 2.71. The van der Waals surface area contributed by atoms with Crippen LogP contribution in [-0.4, -0.2) is 40.9 Å². The summed E-state index contributed by atoms with van der Waals surface area (Å²) in [7, 11) is -0.568. The van der Waals surface area contributed by atoms with E-state index < -0.39 is 18.3 Å². The van der Waals surface area contributed by atoms with Crippen molar-refractivity contribution in [3.63, 3.8) is 0 Å². The second kappa shape index (κ2) is 7.05. The number of aliphatic hydroxyl groups is 1. The second-order valence-electron chi connectivity index (χ2n) is 6.93. The van der Waals surface area contributed by atoms with Crippen molar-refractivity contribution in [3.8, 4) is 0 Å². The van der Waals surface area contributed by atoms with Gasteiger partial charge in [-0.2, -0.15) is 0 Å². The Morgan fingerprint density at radius 3 is 2.46 bits per heavy atom. The third-order valence-electron chi connectivity index (χ3n) is 4.42. The van der Waals surface area contributed by atoms with E-state index in [1.807, 2.05) is 45.9 Å². The number of rotatable bonds is 5. The molecule has 0 bridgehead atoms. The highest BCUT2D eigenvalue weighted by molar-refractivity contribution is 6.56. The fourth-order valence-corrected chi connectivity index (χ4v) is 2.28. The standard InChI is InChI=1S/C17H25BN2O4/c1-12(22)19-10-13(9-14-7-6-8-15(11-21)20-14)18-23-16(2,3)17(4,5)24-18/h6-9,21H,10-11H2,1-5H3,(H,19,22). The van der Waals surface area contributed by atoms with Gasteiger partial charge in [-0.1, -0.05) is 6.07 Å². The normalized spacial score (nSPS) is 19.4. The van der Waals surface area contributed by atoms with Gasteiger partial charge in [0.25, 0.3) is 0 Å². The number of carbonyl (C=O) groups excluding carboxylic acids is 1. The molecule has 130 valence electrons. The monoisotopic (exact) mass is 332 g/mol. The van der Waals surface area contributed by atoms with Crippen LogP contribution in [0.3, 0.4) is 0 Å². The number of pyridine rings is 1. The fourth-order valence-electron chi connectivity index (χ4n) is 2.28. The van der Waals surface area contributed by atoms with Gasteiger partial charge in [-0.15, -0.1) is 0 Å². The van der Waals surface area contributed by atoms with Crippen LogP contribution in [0.5, 0.6) is 0 Å². The SMILES string of the molecule is CC(=O)NCC(=Cc1cccc(CO)n1)B1OC(C)(C)C(C)(C)O1. The summed E-state index contributed by atoms with van der Waals surface area (Å²) in [5, 5.41) is 12.0. The lowest BCUT2D eigenvalue weighted by Gasteiger charge is -2.32. The maximum Gasteiger partial charge on any atom is 0.492 e. The van der Waals surface area contributed by atoms with Gasteiger partial charge in [-0.25, -0.2) is 0 Å². The maximum atomic E-state index is 11.3. The van der Waals surface area contributed by atoms with Crippen LogP contribution in [0, 0.1) is 0 Å². The molecule has 1 fully saturated rings. The Morgan fingerprint density at radius 2 is 1.92 bits per heavy atom. The van der Waals surface area contributed by atoms with Gasteiger partial charge in [0.1, 0.15) is 0 Å². The zero-order valence-electron chi connectivity index (χ0n) is 14.9. The lowest BCUT2D eigenvalue weighted by Crippen LogP contribution is -2.41. The molecule has 1 aliphatic heterocycles. The summed E-state index contributed by atoms with van der Waals surface area (Å²) < 4.78 is 12.1. The smallest absolute Gasteiger partial charge is 0.400 e. The van der Waals surface area contributed by atoms with Crippen LogP contribution < -0.4 is 5.32 Å². The molecule has 1 aromatic rings. The molecule has 2 N–H and O–H groups in total. The number of carbonyl (C=O) groups is 1. The Bertz CT molecular complexity index is 627. The highest BCUT2D eigenvalue weighted by Crippen LogP contribution is 2.38. The first-order valence-electron chi connectivity index (χ1n) is 8.02. The fraction of sp³-hybridized carbons (Fsp3) is 0.529. The van der Waals surface area contributed by atoms with E-state index in [0.717, 1.165) is 5.47 Å². The lowest BCUT2D eigenvalue weighted by molar-refractivity contribution is -0.118. The minimum absolute atomic E-state index is 0.126. The number of aromatic nitrogens is 1. The predicted molar refractivity (Wildman–Crippen MR) is 92.9 cm³/mol. The van der Waals surface area contributed by atoms with Crippen LogP contribution >= 0.6 is 0 Å². The van der Waals surface area contributed by atoms with E-state index in [4.69, 9.17) is 9.31 Å². The summed E-state index contributed by atoms with van der Waals surface area (Å²) in [6.07, 6.45) is 1.83. The molecule has 0 radical (unpaired) electrons. The molecule has 2 rings (SSSR count). The molecular formula is C17H25BN2O4. The summed E-state index contributed by atoms with van der Waals surface area (Å²) in [5.41, 5.74) is 1.10. The summed E-state index contributed by atoms with van der Waals surface area (Å²) in [6, 6.07) is 5.41.